The molecule has 0 bridgehead atoms. The molecule has 4 heterocycles. The van der Waals surface area contributed by atoms with Crippen molar-refractivity contribution in [1.29, 1.82) is 0 Å². The van der Waals surface area contributed by atoms with E-state index in [1.165, 1.54) is 23.1 Å². The molecule has 1 aromatic heterocycles. The SMILES string of the molecule is Nc1nc(/C(=N/O)C(=O)N[C@@H]2C(=O)N3C(C(=O)O)=C(/C=C4\CCN(c5ccc(O)cc5)C4=O)CC[C@H]23)ns1. The summed E-state index contributed by atoms with van der Waals surface area (Å²) < 4.78 is 3.81. The number of rotatable bonds is 6. The number of allylic oxidation sites excluding steroid dienone is 2. The number of carboxylic acids is 1. The minimum Gasteiger partial charge on any atom is -0.508 e. The van der Waals surface area contributed by atoms with Gasteiger partial charge in [-0.15, -0.1) is 0 Å². The molecule has 2 fully saturated rings. The average molecular weight is 540 g/mol. The molecule has 3 aliphatic rings. The lowest BCUT2D eigenvalue weighted by Gasteiger charge is -2.50. The van der Waals surface area contributed by atoms with Gasteiger partial charge in [0, 0.05) is 29.3 Å². The number of aromatic hydroxyl groups is 1. The quantitative estimate of drug-likeness (QED) is 0.111. The number of hydrogen-bond acceptors (Lipinski definition) is 11. The van der Waals surface area contributed by atoms with E-state index in [1.54, 1.807) is 12.1 Å². The highest BCUT2D eigenvalue weighted by Gasteiger charge is 2.53. The Morgan fingerprint density at radius 3 is 2.58 bits per heavy atom. The summed E-state index contributed by atoms with van der Waals surface area (Å²) in [5.74, 6) is -3.32. The number of nitrogen functional groups attached to an aromatic ring is 1. The van der Waals surface area contributed by atoms with Crippen molar-refractivity contribution in [1.82, 2.24) is 19.6 Å². The number of carboxylic acid groups (broad SMARTS) is 1. The Balaban J connectivity index is 1.35. The second-order valence-electron chi connectivity index (χ2n) is 8.74. The number of nitrogens with zero attached hydrogens (tertiary/aromatic N) is 5. The fourth-order valence-electron chi connectivity index (χ4n) is 4.80. The molecule has 3 aliphatic heterocycles. The van der Waals surface area contributed by atoms with Gasteiger partial charge in [-0.2, -0.15) is 9.36 Å². The van der Waals surface area contributed by atoms with Gasteiger partial charge in [-0.3, -0.25) is 19.3 Å². The number of anilines is 2. The number of hydrogen-bond donors (Lipinski definition) is 5. The van der Waals surface area contributed by atoms with E-state index < -0.39 is 35.6 Å². The highest BCUT2D eigenvalue weighted by Crippen LogP contribution is 2.38. The van der Waals surface area contributed by atoms with E-state index in [4.69, 9.17) is 5.73 Å². The normalized spacial score (nSPS) is 22.5. The lowest BCUT2D eigenvalue weighted by atomic mass is 9.83. The van der Waals surface area contributed by atoms with E-state index >= 15 is 0 Å². The minimum atomic E-state index is -1.33. The van der Waals surface area contributed by atoms with Gasteiger partial charge in [-0.25, -0.2) is 4.79 Å². The molecule has 5 rings (SSSR count). The number of nitrogens with one attached hydrogen (secondary N) is 1. The van der Waals surface area contributed by atoms with Gasteiger partial charge >= 0.3 is 5.97 Å². The van der Waals surface area contributed by atoms with Gasteiger partial charge in [0.05, 0.1) is 6.04 Å². The third kappa shape index (κ3) is 4.21. The van der Waals surface area contributed by atoms with Crippen LogP contribution < -0.4 is 16.0 Å². The number of amides is 3. The first kappa shape index (κ1) is 24.9. The smallest absolute Gasteiger partial charge is 0.352 e. The van der Waals surface area contributed by atoms with Crippen molar-refractivity contribution in [2.45, 2.75) is 31.3 Å². The molecule has 0 spiro atoms. The van der Waals surface area contributed by atoms with Crippen molar-refractivity contribution in [2.75, 3.05) is 17.2 Å². The largest absolute Gasteiger partial charge is 0.508 e. The maximum absolute atomic E-state index is 13.0. The minimum absolute atomic E-state index is 0.0527. The molecule has 6 N–H and O–H groups in total. The Kier molecular flexibility index (Phi) is 6.28. The Morgan fingerprint density at radius 2 is 1.95 bits per heavy atom. The molecule has 38 heavy (non-hydrogen) atoms. The molecule has 3 amide bonds. The van der Waals surface area contributed by atoms with Crippen LogP contribution in [0.2, 0.25) is 0 Å². The van der Waals surface area contributed by atoms with Crippen LogP contribution in [0, 0.1) is 0 Å². The molecule has 0 saturated carbocycles. The van der Waals surface area contributed by atoms with Gasteiger partial charge in [0.1, 0.15) is 17.5 Å². The standard InChI is InChI=1S/C23H21N7O7S/c24-23-26-18(28-38-23)16(27-37)19(32)25-15-14-6-1-10(17(22(35)36)30(14)21(15)34)9-11-7-8-29(20(11)33)12-2-4-13(31)5-3-12/h2-5,9,14-15,31,37H,1,6-8H2,(H,25,32)(H,35,36)(H2,24,26,28)/b11-9+,27-16-/t14-,15+/m1/s1. The van der Waals surface area contributed by atoms with Crippen LogP contribution in [0.25, 0.3) is 0 Å². The van der Waals surface area contributed by atoms with Crippen LogP contribution in [-0.2, 0) is 19.2 Å². The average Bonchev–Trinajstić information content (AvgIpc) is 3.48. The third-order valence-corrected chi connectivity index (χ3v) is 7.11. The monoisotopic (exact) mass is 539 g/mol. The molecule has 2 saturated heterocycles. The number of carbonyl (C=O) groups is 4. The maximum atomic E-state index is 13.0. The molecule has 15 heteroatoms. The van der Waals surface area contributed by atoms with Crippen LogP contribution in [0.1, 0.15) is 25.1 Å². The predicted molar refractivity (Wildman–Crippen MR) is 132 cm³/mol. The lowest BCUT2D eigenvalue weighted by molar-refractivity contribution is -0.155. The fourth-order valence-corrected chi connectivity index (χ4v) is 5.24. The third-order valence-electron chi connectivity index (χ3n) is 6.57. The summed E-state index contributed by atoms with van der Waals surface area (Å²) in [4.78, 5) is 57.2. The second kappa shape index (κ2) is 9.59. The van der Waals surface area contributed by atoms with Crippen molar-refractivity contribution in [2.24, 2.45) is 5.16 Å². The summed E-state index contributed by atoms with van der Waals surface area (Å²) in [6.45, 7) is 0.388. The molecular weight excluding hydrogens is 518 g/mol. The molecule has 2 aromatic rings. The molecular formula is C23H21N7O7S. The number of phenols is 1. The Labute approximate surface area is 218 Å². The second-order valence-corrected chi connectivity index (χ2v) is 9.53. The summed E-state index contributed by atoms with van der Waals surface area (Å²) in [6.07, 6.45) is 2.49. The molecule has 1 aromatic carbocycles. The summed E-state index contributed by atoms with van der Waals surface area (Å²) in [5.41, 5.74) is 6.07. The number of fused-ring (bicyclic) bond motifs is 1. The van der Waals surface area contributed by atoms with Gasteiger partial charge in [-0.1, -0.05) is 5.16 Å². The zero-order valence-corrected chi connectivity index (χ0v) is 20.4. The number of oxime groups is 1. The maximum Gasteiger partial charge on any atom is 0.352 e. The number of benzene rings is 1. The molecule has 0 unspecified atom stereocenters. The molecule has 14 nitrogen and oxygen atoms in total. The van der Waals surface area contributed by atoms with Gasteiger partial charge in [0.2, 0.25) is 11.5 Å². The van der Waals surface area contributed by atoms with E-state index in [0.717, 1.165) is 16.4 Å². The molecule has 2 atom stereocenters. The zero-order chi connectivity index (χ0) is 27.1. The van der Waals surface area contributed by atoms with Crippen LogP contribution in [0.15, 0.2) is 52.3 Å². The fraction of sp³-hybridized carbons (Fsp3) is 0.261. The van der Waals surface area contributed by atoms with Crippen LogP contribution in [-0.4, -0.2) is 77.7 Å². The van der Waals surface area contributed by atoms with E-state index in [-0.39, 0.29) is 34.7 Å². The first-order valence-electron chi connectivity index (χ1n) is 11.4. The Hall–Kier alpha value is -4.79. The molecule has 0 radical (unpaired) electrons. The highest BCUT2D eigenvalue weighted by atomic mass is 32.1. The number of nitrogens with two attached hydrogens (primary N) is 1. The van der Waals surface area contributed by atoms with Crippen molar-refractivity contribution in [3.63, 3.8) is 0 Å². The first-order valence-corrected chi connectivity index (χ1v) is 12.2. The summed E-state index contributed by atoms with van der Waals surface area (Å²) in [6, 6.07) is 4.49. The highest BCUT2D eigenvalue weighted by molar-refractivity contribution is 7.09. The van der Waals surface area contributed by atoms with Gasteiger partial charge in [0.15, 0.2) is 5.13 Å². The Morgan fingerprint density at radius 1 is 1.21 bits per heavy atom. The molecule has 196 valence electrons. The Bertz CT molecular complexity index is 1450. The van der Waals surface area contributed by atoms with Gasteiger partial charge in [-0.05, 0) is 55.2 Å². The van der Waals surface area contributed by atoms with Crippen molar-refractivity contribution in [3.05, 3.63) is 53.0 Å². The number of aromatic nitrogens is 2. The summed E-state index contributed by atoms with van der Waals surface area (Å²) in [5, 5.41) is 34.1. The van der Waals surface area contributed by atoms with E-state index in [1.807, 2.05) is 0 Å². The van der Waals surface area contributed by atoms with Crippen LogP contribution in [0.5, 0.6) is 5.75 Å². The van der Waals surface area contributed by atoms with E-state index in [9.17, 15) is 34.6 Å². The first-order chi connectivity index (χ1) is 18.2. The number of carbonyl (C=O) groups excluding carboxylic acids is 3. The number of phenolic OH excluding ortho intramolecular Hbond substituents is 1. The number of β-lactam (4-membered cyclic amide) rings is 1. The van der Waals surface area contributed by atoms with E-state index in [0.29, 0.717) is 36.2 Å². The van der Waals surface area contributed by atoms with Crippen molar-refractivity contribution in [3.8, 4) is 5.75 Å². The van der Waals surface area contributed by atoms with Crippen molar-refractivity contribution >= 4 is 51.8 Å². The number of aliphatic carboxylic acids is 1. The van der Waals surface area contributed by atoms with Crippen LogP contribution in [0.3, 0.4) is 0 Å². The summed E-state index contributed by atoms with van der Waals surface area (Å²) in [7, 11) is 0. The van der Waals surface area contributed by atoms with Crippen LogP contribution in [0.4, 0.5) is 10.8 Å². The van der Waals surface area contributed by atoms with Crippen LogP contribution >= 0.6 is 11.5 Å². The summed E-state index contributed by atoms with van der Waals surface area (Å²) >= 11 is 0.795. The topological polar surface area (TPSA) is 212 Å². The van der Waals surface area contributed by atoms with Crippen molar-refractivity contribution < 1.29 is 34.6 Å². The van der Waals surface area contributed by atoms with Gasteiger partial charge < -0.3 is 31.4 Å². The van der Waals surface area contributed by atoms with E-state index in [2.05, 4.69) is 19.8 Å². The predicted octanol–water partition coefficient (Wildman–Crippen LogP) is 0.196. The van der Waals surface area contributed by atoms with Gasteiger partial charge in [0.25, 0.3) is 17.7 Å². The zero-order valence-electron chi connectivity index (χ0n) is 19.6. The molecule has 0 aliphatic carbocycles. The lowest BCUT2D eigenvalue weighted by Crippen LogP contribution is -2.72.